The molecule has 0 aromatic heterocycles. The van der Waals surface area contributed by atoms with Crippen molar-refractivity contribution in [3.05, 3.63) is 11.6 Å². The van der Waals surface area contributed by atoms with Crippen molar-refractivity contribution in [1.82, 2.24) is 0 Å². The lowest BCUT2D eigenvalue weighted by Crippen LogP contribution is -1.81. The van der Waals surface area contributed by atoms with Crippen molar-refractivity contribution in [2.45, 2.75) is 39.0 Å². The van der Waals surface area contributed by atoms with E-state index in [2.05, 4.69) is 6.92 Å². The summed E-state index contributed by atoms with van der Waals surface area (Å²) in [6, 6.07) is 3.89. The SMILES string of the molecule is CCCCCC/C(C#N)=C/C#N. The van der Waals surface area contributed by atoms with Crippen LogP contribution >= 0.6 is 0 Å². The minimum Gasteiger partial charge on any atom is -0.193 e. The van der Waals surface area contributed by atoms with Crippen LogP contribution in [0.2, 0.25) is 0 Å². The molecule has 0 N–H and O–H groups in total. The number of hydrogen-bond acceptors (Lipinski definition) is 2. The summed E-state index contributed by atoms with van der Waals surface area (Å²) < 4.78 is 0. The first-order valence-corrected chi connectivity index (χ1v) is 4.34. The maximum Gasteiger partial charge on any atom is 0.0954 e. The summed E-state index contributed by atoms with van der Waals surface area (Å²) in [6.45, 7) is 2.15. The Morgan fingerprint density at radius 2 is 2.00 bits per heavy atom. The zero-order valence-corrected chi connectivity index (χ0v) is 7.51. The van der Waals surface area contributed by atoms with Crippen molar-refractivity contribution >= 4 is 0 Å². The number of unbranched alkanes of at least 4 members (excludes halogenated alkanes) is 3. The second-order valence-electron chi connectivity index (χ2n) is 2.72. The monoisotopic (exact) mass is 162 g/mol. The van der Waals surface area contributed by atoms with Crippen molar-refractivity contribution in [3.63, 3.8) is 0 Å². The molecular formula is C10H14N2. The first-order valence-electron chi connectivity index (χ1n) is 4.34. The van der Waals surface area contributed by atoms with Crippen LogP contribution in [0.3, 0.4) is 0 Å². The molecule has 0 aromatic rings. The summed E-state index contributed by atoms with van der Waals surface area (Å²) in [5.74, 6) is 0. The zero-order chi connectivity index (χ0) is 9.23. The number of nitrogens with zero attached hydrogens (tertiary/aromatic N) is 2. The molecule has 0 aromatic carbocycles. The molecule has 0 spiro atoms. The highest BCUT2D eigenvalue weighted by atomic mass is 14.3. The zero-order valence-electron chi connectivity index (χ0n) is 7.51. The molecule has 12 heavy (non-hydrogen) atoms. The molecule has 0 saturated carbocycles. The van der Waals surface area contributed by atoms with Gasteiger partial charge >= 0.3 is 0 Å². The average molecular weight is 162 g/mol. The predicted octanol–water partition coefficient (Wildman–Crippen LogP) is 2.93. The number of hydrogen-bond donors (Lipinski definition) is 0. The van der Waals surface area contributed by atoms with Gasteiger partial charge in [0.05, 0.1) is 12.1 Å². The van der Waals surface area contributed by atoms with Crippen molar-refractivity contribution < 1.29 is 0 Å². The summed E-state index contributed by atoms with van der Waals surface area (Å²) in [4.78, 5) is 0. The number of allylic oxidation sites excluding steroid dienone is 2. The Balaban J connectivity index is 3.56. The molecule has 0 saturated heterocycles. The molecule has 0 atom stereocenters. The van der Waals surface area contributed by atoms with Gasteiger partial charge in [0, 0.05) is 11.6 Å². The molecule has 0 aliphatic carbocycles. The second kappa shape index (κ2) is 7.82. The van der Waals surface area contributed by atoms with Crippen molar-refractivity contribution in [2.75, 3.05) is 0 Å². The molecule has 0 unspecified atom stereocenters. The molecule has 0 heterocycles. The van der Waals surface area contributed by atoms with E-state index in [0.29, 0.717) is 5.57 Å². The lowest BCUT2D eigenvalue weighted by atomic mass is 10.1. The van der Waals surface area contributed by atoms with Crippen LogP contribution in [-0.2, 0) is 0 Å². The maximum atomic E-state index is 8.54. The van der Waals surface area contributed by atoms with Gasteiger partial charge in [-0.3, -0.25) is 0 Å². The molecule has 64 valence electrons. The average Bonchev–Trinajstić information content (AvgIpc) is 2.10. The highest BCUT2D eigenvalue weighted by Gasteiger charge is 1.94. The van der Waals surface area contributed by atoms with Gasteiger partial charge in [0.25, 0.3) is 0 Å². The summed E-state index contributed by atoms with van der Waals surface area (Å²) >= 11 is 0. The summed E-state index contributed by atoms with van der Waals surface area (Å²) in [6.07, 6.45) is 6.68. The van der Waals surface area contributed by atoms with Gasteiger partial charge < -0.3 is 0 Å². The second-order valence-corrected chi connectivity index (χ2v) is 2.72. The van der Waals surface area contributed by atoms with Crippen LogP contribution < -0.4 is 0 Å². The van der Waals surface area contributed by atoms with E-state index in [4.69, 9.17) is 10.5 Å². The highest BCUT2D eigenvalue weighted by molar-refractivity contribution is 5.26. The van der Waals surface area contributed by atoms with Gasteiger partial charge in [-0.05, 0) is 12.8 Å². The molecular weight excluding hydrogens is 148 g/mol. The summed E-state index contributed by atoms with van der Waals surface area (Å²) in [5, 5.41) is 16.8. The van der Waals surface area contributed by atoms with Crippen molar-refractivity contribution in [2.24, 2.45) is 0 Å². The lowest BCUT2D eigenvalue weighted by molar-refractivity contribution is 0.669. The molecule has 0 amide bonds. The Labute approximate surface area is 74.1 Å². The molecule has 2 heteroatoms. The summed E-state index contributed by atoms with van der Waals surface area (Å²) in [5.41, 5.74) is 0.605. The molecule has 0 bridgehead atoms. The first kappa shape index (κ1) is 10.7. The van der Waals surface area contributed by atoms with Crippen LogP contribution in [0, 0.1) is 22.7 Å². The third kappa shape index (κ3) is 5.50. The van der Waals surface area contributed by atoms with E-state index in [1.54, 1.807) is 0 Å². The lowest BCUT2D eigenvalue weighted by Gasteiger charge is -1.96. The fourth-order valence-electron chi connectivity index (χ4n) is 0.980. The van der Waals surface area contributed by atoms with E-state index >= 15 is 0 Å². The van der Waals surface area contributed by atoms with Crippen LogP contribution in [0.15, 0.2) is 11.6 Å². The van der Waals surface area contributed by atoms with E-state index in [1.807, 2.05) is 12.1 Å². The minimum absolute atomic E-state index is 0.605. The van der Waals surface area contributed by atoms with Crippen LogP contribution in [0.5, 0.6) is 0 Å². The molecule has 0 radical (unpaired) electrons. The van der Waals surface area contributed by atoms with Gasteiger partial charge in [-0.1, -0.05) is 26.2 Å². The van der Waals surface area contributed by atoms with E-state index in [1.165, 1.54) is 18.9 Å². The topological polar surface area (TPSA) is 47.6 Å². The van der Waals surface area contributed by atoms with Gasteiger partial charge in [-0.15, -0.1) is 0 Å². The van der Waals surface area contributed by atoms with Crippen LogP contribution in [0.25, 0.3) is 0 Å². The van der Waals surface area contributed by atoms with E-state index in [9.17, 15) is 0 Å². The van der Waals surface area contributed by atoms with Crippen molar-refractivity contribution in [1.29, 1.82) is 10.5 Å². The van der Waals surface area contributed by atoms with Crippen molar-refractivity contribution in [3.8, 4) is 12.1 Å². The molecule has 0 aliphatic rings. The summed E-state index contributed by atoms with van der Waals surface area (Å²) in [7, 11) is 0. The Morgan fingerprint density at radius 3 is 2.50 bits per heavy atom. The van der Waals surface area contributed by atoms with Crippen LogP contribution in [0.1, 0.15) is 39.0 Å². The molecule has 2 nitrogen and oxygen atoms in total. The fourth-order valence-corrected chi connectivity index (χ4v) is 0.980. The standard InChI is InChI=1S/C10H14N2/c1-2-3-4-5-6-10(9-12)7-8-11/h7H,2-6H2,1H3/b10-7-. The number of rotatable bonds is 5. The molecule has 0 aliphatic heterocycles. The van der Waals surface area contributed by atoms with Gasteiger partial charge in [-0.25, -0.2) is 0 Å². The maximum absolute atomic E-state index is 8.54. The van der Waals surface area contributed by atoms with Gasteiger partial charge in [0.15, 0.2) is 0 Å². The Kier molecular flexibility index (Phi) is 6.99. The molecule has 0 fully saturated rings. The van der Waals surface area contributed by atoms with E-state index in [0.717, 1.165) is 19.3 Å². The third-order valence-corrected chi connectivity index (χ3v) is 1.68. The highest BCUT2D eigenvalue weighted by Crippen LogP contribution is 2.08. The van der Waals surface area contributed by atoms with Gasteiger partial charge in [-0.2, -0.15) is 10.5 Å². The van der Waals surface area contributed by atoms with Crippen LogP contribution in [-0.4, -0.2) is 0 Å². The van der Waals surface area contributed by atoms with Gasteiger partial charge in [0.1, 0.15) is 0 Å². The quantitative estimate of drug-likeness (QED) is 0.461. The Hall–Kier alpha value is -1.28. The minimum atomic E-state index is 0.605. The van der Waals surface area contributed by atoms with E-state index < -0.39 is 0 Å². The third-order valence-electron chi connectivity index (χ3n) is 1.68. The van der Waals surface area contributed by atoms with E-state index in [-0.39, 0.29) is 0 Å². The molecule has 0 rings (SSSR count). The van der Waals surface area contributed by atoms with Crippen LogP contribution in [0.4, 0.5) is 0 Å². The Bertz CT molecular complexity index is 215. The first-order chi connectivity index (χ1) is 5.85. The fraction of sp³-hybridized carbons (Fsp3) is 0.600. The number of nitriles is 2. The normalized spacial score (nSPS) is 10.4. The Morgan fingerprint density at radius 1 is 1.25 bits per heavy atom. The largest absolute Gasteiger partial charge is 0.193 e. The smallest absolute Gasteiger partial charge is 0.0954 e. The predicted molar refractivity (Wildman–Crippen MR) is 48.1 cm³/mol. The van der Waals surface area contributed by atoms with Gasteiger partial charge in [0.2, 0.25) is 0 Å².